The predicted octanol–water partition coefficient (Wildman–Crippen LogP) is 3.38. The van der Waals surface area contributed by atoms with Gasteiger partial charge in [-0.2, -0.15) is 0 Å². The van der Waals surface area contributed by atoms with E-state index in [1.165, 1.54) is 12.0 Å². The Bertz CT molecular complexity index is 555. The molecule has 1 unspecified atom stereocenters. The van der Waals surface area contributed by atoms with Crippen molar-refractivity contribution in [3.05, 3.63) is 34.3 Å². The lowest BCUT2D eigenvalue weighted by Gasteiger charge is -2.33. The zero-order valence-electron chi connectivity index (χ0n) is 15.4. The first kappa shape index (κ1) is 21.9. The summed E-state index contributed by atoms with van der Waals surface area (Å²) < 4.78 is 6.80. The number of halogens is 2. The molecule has 2 fully saturated rings. The third-order valence-corrected chi connectivity index (χ3v) is 5.52. The van der Waals surface area contributed by atoms with Crippen molar-refractivity contribution >= 4 is 45.9 Å². The van der Waals surface area contributed by atoms with Gasteiger partial charge in [0.15, 0.2) is 5.96 Å². The van der Waals surface area contributed by atoms with E-state index in [4.69, 9.17) is 4.74 Å². The van der Waals surface area contributed by atoms with E-state index in [2.05, 4.69) is 60.7 Å². The van der Waals surface area contributed by atoms with Crippen LogP contribution in [0.3, 0.4) is 0 Å². The molecule has 26 heavy (non-hydrogen) atoms. The van der Waals surface area contributed by atoms with Crippen LogP contribution in [0, 0.1) is 0 Å². The van der Waals surface area contributed by atoms with Gasteiger partial charge < -0.3 is 15.4 Å². The Morgan fingerprint density at radius 3 is 2.58 bits per heavy atom. The third-order valence-electron chi connectivity index (χ3n) is 4.99. The molecule has 0 radical (unpaired) electrons. The van der Waals surface area contributed by atoms with E-state index in [1.54, 1.807) is 0 Å². The normalized spacial score (nSPS) is 22.1. The first-order valence-electron chi connectivity index (χ1n) is 9.28. The minimum absolute atomic E-state index is 0. The van der Waals surface area contributed by atoms with Crippen molar-refractivity contribution in [3.63, 3.8) is 0 Å². The second kappa shape index (κ2) is 11.5. The van der Waals surface area contributed by atoms with E-state index in [1.807, 2.05) is 7.05 Å². The van der Waals surface area contributed by atoms with Crippen LogP contribution in [-0.2, 0) is 11.3 Å². The Morgan fingerprint density at radius 1 is 1.23 bits per heavy atom. The SMILES string of the molecule is CN=C(NCC1CCCO1)NC1CCN(Cc2ccc(Br)cc2)CC1.I. The Hall–Kier alpha value is -0.380. The molecule has 0 saturated carbocycles. The van der Waals surface area contributed by atoms with Gasteiger partial charge in [0.2, 0.25) is 0 Å². The summed E-state index contributed by atoms with van der Waals surface area (Å²) in [6, 6.07) is 9.13. The van der Waals surface area contributed by atoms with Crippen LogP contribution in [0.1, 0.15) is 31.2 Å². The van der Waals surface area contributed by atoms with Crippen LogP contribution in [0.2, 0.25) is 0 Å². The highest BCUT2D eigenvalue weighted by Crippen LogP contribution is 2.16. The molecule has 2 aliphatic heterocycles. The maximum Gasteiger partial charge on any atom is 0.191 e. The van der Waals surface area contributed by atoms with Crippen LogP contribution in [0.15, 0.2) is 33.7 Å². The number of nitrogens with one attached hydrogen (secondary N) is 2. The number of rotatable bonds is 5. The number of guanidine groups is 1. The van der Waals surface area contributed by atoms with Gasteiger partial charge in [0.25, 0.3) is 0 Å². The van der Waals surface area contributed by atoms with Crippen molar-refractivity contribution in [2.45, 2.75) is 44.4 Å². The largest absolute Gasteiger partial charge is 0.376 e. The minimum Gasteiger partial charge on any atom is -0.376 e. The molecule has 0 aromatic heterocycles. The van der Waals surface area contributed by atoms with E-state index in [9.17, 15) is 0 Å². The molecular weight excluding hydrogens is 507 g/mol. The van der Waals surface area contributed by atoms with Gasteiger partial charge in [-0.25, -0.2) is 0 Å². The molecule has 0 bridgehead atoms. The Morgan fingerprint density at radius 2 is 1.96 bits per heavy atom. The second-order valence-corrected chi connectivity index (χ2v) is 7.83. The van der Waals surface area contributed by atoms with Gasteiger partial charge in [0.1, 0.15) is 0 Å². The number of ether oxygens (including phenoxy) is 1. The number of aliphatic imine (C=N–C) groups is 1. The number of benzene rings is 1. The lowest BCUT2D eigenvalue weighted by Crippen LogP contribution is -2.49. The lowest BCUT2D eigenvalue weighted by molar-refractivity contribution is 0.113. The number of nitrogens with zero attached hydrogens (tertiary/aromatic N) is 2. The smallest absolute Gasteiger partial charge is 0.191 e. The first-order valence-corrected chi connectivity index (χ1v) is 10.1. The number of likely N-dealkylation sites (tertiary alicyclic amines) is 1. The Labute approximate surface area is 182 Å². The first-order chi connectivity index (χ1) is 12.2. The fourth-order valence-corrected chi connectivity index (χ4v) is 3.75. The monoisotopic (exact) mass is 536 g/mol. The highest BCUT2D eigenvalue weighted by atomic mass is 127. The summed E-state index contributed by atoms with van der Waals surface area (Å²) in [6.45, 7) is 5.02. The molecule has 146 valence electrons. The fourth-order valence-electron chi connectivity index (χ4n) is 3.49. The van der Waals surface area contributed by atoms with Crippen molar-refractivity contribution in [1.29, 1.82) is 0 Å². The van der Waals surface area contributed by atoms with Gasteiger partial charge in [-0.05, 0) is 43.4 Å². The van der Waals surface area contributed by atoms with Gasteiger partial charge in [0, 0.05) is 50.3 Å². The van der Waals surface area contributed by atoms with Gasteiger partial charge in [-0.15, -0.1) is 24.0 Å². The second-order valence-electron chi connectivity index (χ2n) is 6.91. The topological polar surface area (TPSA) is 48.9 Å². The molecule has 2 aliphatic rings. The molecule has 3 rings (SSSR count). The van der Waals surface area contributed by atoms with E-state index in [-0.39, 0.29) is 24.0 Å². The van der Waals surface area contributed by atoms with Crippen molar-refractivity contribution in [1.82, 2.24) is 15.5 Å². The van der Waals surface area contributed by atoms with Crippen molar-refractivity contribution in [3.8, 4) is 0 Å². The zero-order valence-corrected chi connectivity index (χ0v) is 19.3. The summed E-state index contributed by atoms with van der Waals surface area (Å²) in [5.41, 5.74) is 1.38. The van der Waals surface area contributed by atoms with Crippen LogP contribution in [0.4, 0.5) is 0 Å². The highest BCUT2D eigenvalue weighted by molar-refractivity contribution is 14.0. The van der Waals surface area contributed by atoms with Crippen molar-refractivity contribution < 1.29 is 4.74 Å². The number of hydrogen-bond donors (Lipinski definition) is 2. The quantitative estimate of drug-likeness (QED) is 0.344. The van der Waals surface area contributed by atoms with Crippen molar-refractivity contribution in [2.24, 2.45) is 4.99 Å². The van der Waals surface area contributed by atoms with E-state index in [0.717, 1.165) is 62.5 Å². The predicted molar refractivity (Wildman–Crippen MR) is 121 cm³/mol. The standard InChI is InChI=1S/C19H29BrN4O.HI/c1-21-19(22-13-18-3-2-12-25-18)23-17-8-10-24(11-9-17)14-15-4-6-16(20)7-5-15;/h4-7,17-18H,2-3,8-14H2,1H3,(H2,21,22,23);1H. The fraction of sp³-hybridized carbons (Fsp3) is 0.632. The summed E-state index contributed by atoms with van der Waals surface area (Å²) >= 11 is 3.50. The third kappa shape index (κ3) is 6.98. The molecule has 5 nitrogen and oxygen atoms in total. The average molecular weight is 537 g/mol. The van der Waals surface area contributed by atoms with Gasteiger partial charge in [0.05, 0.1) is 6.10 Å². The van der Waals surface area contributed by atoms with Gasteiger partial charge >= 0.3 is 0 Å². The summed E-state index contributed by atoms with van der Waals surface area (Å²) in [7, 11) is 1.84. The molecule has 0 spiro atoms. The Balaban J connectivity index is 0.00000243. The van der Waals surface area contributed by atoms with Gasteiger partial charge in [-0.3, -0.25) is 9.89 Å². The van der Waals surface area contributed by atoms with Crippen LogP contribution >= 0.6 is 39.9 Å². The molecule has 7 heteroatoms. The van der Waals surface area contributed by atoms with Crippen LogP contribution in [-0.4, -0.2) is 56.3 Å². The minimum atomic E-state index is 0. The number of hydrogen-bond acceptors (Lipinski definition) is 3. The van der Waals surface area contributed by atoms with E-state index >= 15 is 0 Å². The molecule has 2 N–H and O–H groups in total. The highest BCUT2D eigenvalue weighted by Gasteiger charge is 2.21. The molecular formula is C19H30BrIN4O. The summed E-state index contributed by atoms with van der Waals surface area (Å²) in [4.78, 5) is 6.89. The van der Waals surface area contributed by atoms with E-state index in [0.29, 0.717) is 12.1 Å². The molecule has 1 aromatic rings. The maximum atomic E-state index is 5.66. The zero-order chi connectivity index (χ0) is 17.5. The van der Waals surface area contributed by atoms with Crippen molar-refractivity contribution in [2.75, 3.05) is 33.3 Å². The average Bonchev–Trinajstić information content (AvgIpc) is 3.15. The molecule has 0 amide bonds. The van der Waals surface area contributed by atoms with Crippen LogP contribution in [0.5, 0.6) is 0 Å². The Kier molecular flexibility index (Phi) is 9.66. The summed E-state index contributed by atoms with van der Waals surface area (Å²) in [5.74, 6) is 0.904. The van der Waals surface area contributed by atoms with Gasteiger partial charge in [-0.1, -0.05) is 28.1 Å². The summed E-state index contributed by atoms with van der Waals surface area (Å²) in [5, 5.41) is 6.98. The molecule has 1 atom stereocenters. The van der Waals surface area contributed by atoms with Crippen LogP contribution < -0.4 is 10.6 Å². The van der Waals surface area contributed by atoms with Crippen LogP contribution in [0.25, 0.3) is 0 Å². The molecule has 1 aromatic carbocycles. The lowest BCUT2D eigenvalue weighted by atomic mass is 10.0. The molecule has 0 aliphatic carbocycles. The van der Waals surface area contributed by atoms with E-state index < -0.39 is 0 Å². The molecule has 2 heterocycles. The number of piperidine rings is 1. The maximum absolute atomic E-state index is 5.66. The summed E-state index contributed by atoms with van der Waals surface area (Å²) in [6.07, 6.45) is 4.97. The molecule has 2 saturated heterocycles.